The van der Waals surface area contributed by atoms with E-state index in [0.29, 0.717) is 32.1 Å². The Morgan fingerprint density at radius 2 is 1.95 bits per heavy atom. The summed E-state index contributed by atoms with van der Waals surface area (Å²) in [6.07, 6.45) is 2.55. The van der Waals surface area contributed by atoms with Crippen LogP contribution in [0.4, 0.5) is 5.69 Å². The van der Waals surface area contributed by atoms with Crippen molar-refractivity contribution in [3.63, 3.8) is 0 Å². The van der Waals surface area contributed by atoms with Crippen LogP contribution in [0.2, 0.25) is 0 Å². The summed E-state index contributed by atoms with van der Waals surface area (Å²) >= 11 is 0. The summed E-state index contributed by atoms with van der Waals surface area (Å²) in [4.78, 5) is 36.2. The highest BCUT2D eigenvalue weighted by molar-refractivity contribution is 6.23. The van der Waals surface area contributed by atoms with Gasteiger partial charge in [-0.15, -0.1) is 0 Å². The van der Waals surface area contributed by atoms with Gasteiger partial charge < -0.3 is 4.74 Å². The first-order valence-corrected chi connectivity index (χ1v) is 7.31. The third-order valence-corrected chi connectivity index (χ3v) is 4.28. The first-order valence-electron chi connectivity index (χ1n) is 7.31. The molecule has 3 rings (SSSR count). The molecule has 2 aliphatic heterocycles. The molecule has 1 aromatic rings. The number of nitrogens with zero attached hydrogens (tertiary/aromatic N) is 2. The van der Waals surface area contributed by atoms with Crippen LogP contribution in [0, 0.1) is 16.0 Å². The molecule has 1 saturated heterocycles. The molecule has 1 aromatic carbocycles. The fourth-order valence-electron chi connectivity index (χ4n) is 3.02. The van der Waals surface area contributed by atoms with Gasteiger partial charge in [-0.3, -0.25) is 24.6 Å². The van der Waals surface area contributed by atoms with Crippen LogP contribution < -0.4 is 0 Å². The van der Waals surface area contributed by atoms with Gasteiger partial charge in [0.1, 0.15) is 5.56 Å². The molecule has 2 heterocycles. The Balaban J connectivity index is 1.78. The van der Waals surface area contributed by atoms with Crippen LogP contribution in [0.1, 0.15) is 40.0 Å². The highest BCUT2D eigenvalue weighted by atomic mass is 16.6. The van der Waals surface area contributed by atoms with Gasteiger partial charge in [-0.25, -0.2) is 0 Å². The number of rotatable bonds is 4. The second kappa shape index (κ2) is 5.84. The summed E-state index contributed by atoms with van der Waals surface area (Å²) in [5, 5.41) is 11.0. The van der Waals surface area contributed by atoms with Crippen LogP contribution in [-0.4, -0.2) is 41.4 Å². The van der Waals surface area contributed by atoms with Crippen molar-refractivity contribution in [1.82, 2.24) is 4.90 Å². The fraction of sp³-hybridized carbons (Fsp3) is 0.467. The molecule has 0 N–H and O–H groups in total. The monoisotopic (exact) mass is 304 g/mol. The molecular formula is C15H16N2O5. The van der Waals surface area contributed by atoms with Gasteiger partial charge in [-0.1, -0.05) is 6.07 Å². The second-order valence-corrected chi connectivity index (χ2v) is 5.56. The topological polar surface area (TPSA) is 89.8 Å². The lowest BCUT2D eigenvalue weighted by molar-refractivity contribution is -0.385. The molecule has 0 aromatic heterocycles. The number of carbonyl (C=O) groups is 2. The highest BCUT2D eigenvalue weighted by Gasteiger charge is 2.40. The molecule has 0 unspecified atom stereocenters. The van der Waals surface area contributed by atoms with Gasteiger partial charge in [-0.2, -0.15) is 0 Å². The molecule has 0 bridgehead atoms. The van der Waals surface area contributed by atoms with E-state index in [1.165, 1.54) is 18.2 Å². The molecule has 1 fully saturated rings. The van der Waals surface area contributed by atoms with Crippen molar-refractivity contribution in [2.75, 3.05) is 19.8 Å². The molecule has 7 heteroatoms. The van der Waals surface area contributed by atoms with Crippen LogP contribution in [-0.2, 0) is 4.74 Å². The molecule has 0 spiro atoms. The lowest BCUT2D eigenvalue weighted by Crippen LogP contribution is -2.32. The molecule has 7 nitrogen and oxygen atoms in total. The first-order chi connectivity index (χ1) is 10.6. The SMILES string of the molecule is O=C1c2cccc([N+](=O)[O-])c2C(=O)N1CCC1CCOCC1. The van der Waals surface area contributed by atoms with Crippen molar-refractivity contribution in [3.05, 3.63) is 39.4 Å². The number of hydrogen-bond donors (Lipinski definition) is 0. The van der Waals surface area contributed by atoms with E-state index in [1.54, 1.807) is 0 Å². The Kier molecular flexibility index (Phi) is 3.89. The number of fused-ring (bicyclic) bond motifs is 1. The molecule has 0 saturated carbocycles. The second-order valence-electron chi connectivity index (χ2n) is 5.56. The summed E-state index contributed by atoms with van der Waals surface area (Å²) in [6, 6.07) is 4.16. The number of nitro benzene ring substituents is 1. The van der Waals surface area contributed by atoms with Gasteiger partial charge in [0.25, 0.3) is 17.5 Å². The average Bonchev–Trinajstić information content (AvgIpc) is 2.78. The Morgan fingerprint density at radius 1 is 1.23 bits per heavy atom. The average molecular weight is 304 g/mol. The van der Waals surface area contributed by atoms with Crippen molar-refractivity contribution in [2.45, 2.75) is 19.3 Å². The number of carbonyl (C=O) groups excluding carboxylic acids is 2. The van der Waals surface area contributed by atoms with Crippen LogP contribution >= 0.6 is 0 Å². The molecule has 2 amide bonds. The minimum absolute atomic E-state index is 0.0792. The zero-order chi connectivity index (χ0) is 15.7. The third-order valence-electron chi connectivity index (χ3n) is 4.28. The highest BCUT2D eigenvalue weighted by Crippen LogP contribution is 2.31. The largest absolute Gasteiger partial charge is 0.381 e. The van der Waals surface area contributed by atoms with Crippen molar-refractivity contribution in [2.24, 2.45) is 5.92 Å². The summed E-state index contributed by atoms with van der Waals surface area (Å²) in [5.74, 6) is -0.567. The van der Waals surface area contributed by atoms with Crippen molar-refractivity contribution in [1.29, 1.82) is 0 Å². The van der Waals surface area contributed by atoms with E-state index >= 15 is 0 Å². The van der Waals surface area contributed by atoms with Crippen LogP contribution in [0.3, 0.4) is 0 Å². The number of nitro groups is 1. The summed E-state index contributed by atoms with van der Waals surface area (Å²) in [6.45, 7) is 1.71. The first kappa shape index (κ1) is 14.6. The van der Waals surface area contributed by atoms with Gasteiger partial charge in [0.05, 0.1) is 10.5 Å². The third kappa shape index (κ3) is 2.48. The molecule has 0 atom stereocenters. The van der Waals surface area contributed by atoms with Gasteiger partial charge >= 0.3 is 0 Å². The molecule has 116 valence electrons. The predicted octanol–water partition coefficient (Wildman–Crippen LogP) is 2.01. The lowest BCUT2D eigenvalue weighted by Gasteiger charge is -2.23. The quantitative estimate of drug-likeness (QED) is 0.482. The normalized spacial score (nSPS) is 18.6. The van der Waals surface area contributed by atoms with E-state index in [4.69, 9.17) is 4.74 Å². The summed E-state index contributed by atoms with van der Waals surface area (Å²) in [5.41, 5.74) is -0.250. The van der Waals surface area contributed by atoms with E-state index < -0.39 is 16.7 Å². The number of benzene rings is 1. The van der Waals surface area contributed by atoms with Crippen LogP contribution in [0.5, 0.6) is 0 Å². The van der Waals surface area contributed by atoms with E-state index in [1.807, 2.05) is 0 Å². The Bertz CT molecular complexity index is 637. The van der Waals surface area contributed by atoms with Gasteiger partial charge in [0.2, 0.25) is 0 Å². The van der Waals surface area contributed by atoms with E-state index in [9.17, 15) is 19.7 Å². The zero-order valence-corrected chi connectivity index (χ0v) is 12.0. The minimum atomic E-state index is -0.619. The molecule has 0 aliphatic carbocycles. The van der Waals surface area contributed by atoms with Crippen molar-refractivity contribution < 1.29 is 19.2 Å². The van der Waals surface area contributed by atoms with Gasteiger partial charge in [-0.05, 0) is 31.2 Å². The Morgan fingerprint density at radius 3 is 2.64 bits per heavy atom. The Labute approximate surface area is 127 Å². The van der Waals surface area contributed by atoms with E-state index in [-0.39, 0.29) is 16.8 Å². The number of amides is 2. The van der Waals surface area contributed by atoms with Crippen LogP contribution in [0.15, 0.2) is 18.2 Å². The number of hydrogen-bond acceptors (Lipinski definition) is 5. The van der Waals surface area contributed by atoms with Crippen molar-refractivity contribution >= 4 is 17.5 Å². The molecule has 2 aliphatic rings. The Hall–Kier alpha value is -2.28. The molecular weight excluding hydrogens is 288 g/mol. The smallest absolute Gasteiger partial charge is 0.282 e. The maximum atomic E-state index is 12.4. The van der Waals surface area contributed by atoms with Gasteiger partial charge in [0, 0.05) is 25.8 Å². The zero-order valence-electron chi connectivity index (χ0n) is 12.0. The standard InChI is InChI=1S/C15H16N2O5/c18-14-11-2-1-3-12(17(20)21)13(11)15(19)16(14)7-4-10-5-8-22-9-6-10/h1-3,10H,4-9H2. The fourth-order valence-corrected chi connectivity index (χ4v) is 3.02. The molecule has 0 radical (unpaired) electrons. The number of ether oxygens (including phenoxy) is 1. The lowest BCUT2D eigenvalue weighted by atomic mass is 9.96. The number of imide groups is 1. The maximum Gasteiger partial charge on any atom is 0.282 e. The van der Waals surface area contributed by atoms with Crippen LogP contribution in [0.25, 0.3) is 0 Å². The van der Waals surface area contributed by atoms with Gasteiger partial charge in [0.15, 0.2) is 0 Å². The summed E-state index contributed by atoms with van der Waals surface area (Å²) in [7, 11) is 0. The minimum Gasteiger partial charge on any atom is -0.381 e. The predicted molar refractivity (Wildman–Crippen MR) is 76.6 cm³/mol. The van der Waals surface area contributed by atoms with E-state index in [2.05, 4.69) is 0 Å². The van der Waals surface area contributed by atoms with E-state index in [0.717, 1.165) is 17.7 Å². The molecule has 22 heavy (non-hydrogen) atoms. The maximum absolute atomic E-state index is 12.4. The summed E-state index contributed by atoms with van der Waals surface area (Å²) < 4.78 is 5.28. The van der Waals surface area contributed by atoms with Crippen molar-refractivity contribution in [3.8, 4) is 0 Å².